The first-order valence-corrected chi connectivity index (χ1v) is 4.55. The molecular formula is C11H15FO2. The number of ether oxygens (including phenoxy) is 1. The third kappa shape index (κ3) is 2.04. The molecule has 78 valence electrons. The van der Waals surface area contributed by atoms with Crippen molar-refractivity contribution in [1.82, 2.24) is 0 Å². The zero-order chi connectivity index (χ0) is 10.7. The predicted molar refractivity (Wildman–Crippen MR) is 53.2 cm³/mol. The molecule has 0 bridgehead atoms. The molecule has 0 aromatic heterocycles. The van der Waals surface area contributed by atoms with E-state index in [1.165, 1.54) is 13.2 Å². The molecule has 1 rings (SSSR count). The van der Waals surface area contributed by atoms with Crippen molar-refractivity contribution >= 4 is 0 Å². The number of aliphatic hydroxyl groups excluding tert-OH is 1. The van der Waals surface area contributed by atoms with Crippen molar-refractivity contribution in [3.63, 3.8) is 0 Å². The van der Waals surface area contributed by atoms with Crippen molar-refractivity contribution in [2.45, 2.75) is 19.8 Å². The Morgan fingerprint density at radius 1 is 1.50 bits per heavy atom. The van der Waals surface area contributed by atoms with Crippen LogP contribution < -0.4 is 4.74 Å². The molecule has 0 aliphatic rings. The summed E-state index contributed by atoms with van der Waals surface area (Å²) >= 11 is 0. The van der Waals surface area contributed by atoms with Crippen molar-refractivity contribution in [2.75, 3.05) is 13.7 Å². The van der Waals surface area contributed by atoms with Gasteiger partial charge in [-0.2, -0.15) is 0 Å². The van der Waals surface area contributed by atoms with Crippen LogP contribution in [0.5, 0.6) is 5.75 Å². The first-order valence-electron chi connectivity index (χ1n) is 4.55. The molecule has 0 aliphatic heterocycles. The van der Waals surface area contributed by atoms with Gasteiger partial charge in [-0.3, -0.25) is 0 Å². The highest BCUT2D eigenvalue weighted by Gasteiger charge is 2.15. The van der Waals surface area contributed by atoms with Gasteiger partial charge in [0.2, 0.25) is 0 Å². The number of rotatable bonds is 3. The van der Waals surface area contributed by atoms with Gasteiger partial charge in [-0.15, -0.1) is 0 Å². The monoisotopic (exact) mass is 198 g/mol. The molecular weight excluding hydrogens is 183 g/mol. The summed E-state index contributed by atoms with van der Waals surface area (Å²) in [7, 11) is 1.43. The smallest absolute Gasteiger partial charge is 0.165 e. The Balaban J connectivity index is 3.24. The number of aliphatic hydroxyl groups is 1. The van der Waals surface area contributed by atoms with Crippen LogP contribution >= 0.6 is 0 Å². The zero-order valence-electron chi connectivity index (χ0n) is 8.67. The van der Waals surface area contributed by atoms with Crippen LogP contribution in [0.1, 0.15) is 24.0 Å². The van der Waals surface area contributed by atoms with E-state index in [0.29, 0.717) is 5.56 Å². The van der Waals surface area contributed by atoms with Gasteiger partial charge in [0.25, 0.3) is 0 Å². The summed E-state index contributed by atoms with van der Waals surface area (Å²) < 4.78 is 18.4. The number of hydrogen-bond donors (Lipinski definition) is 1. The van der Waals surface area contributed by atoms with E-state index >= 15 is 0 Å². The molecule has 2 nitrogen and oxygen atoms in total. The van der Waals surface area contributed by atoms with Gasteiger partial charge in [-0.1, -0.05) is 13.0 Å². The van der Waals surface area contributed by atoms with E-state index in [9.17, 15) is 4.39 Å². The molecule has 14 heavy (non-hydrogen) atoms. The van der Waals surface area contributed by atoms with Crippen LogP contribution in [0.4, 0.5) is 4.39 Å². The van der Waals surface area contributed by atoms with E-state index in [-0.39, 0.29) is 24.1 Å². The number of benzene rings is 1. The Hall–Kier alpha value is -1.09. The molecule has 0 saturated carbocycles. The van der Waals surface area contributed by atoms with Crippen molar-refractivity contribution in [3.05, 3.63) is 29.1 Å². The Morgan fingerprint density at radius 2 is 2.14 bits per heavy atom. The third-order valence-electron chi connectivity index (χ3n) is 2.23. The van der Waals surface area contributed by atoms with Crippen molar-refractivity contribution < 1.29 is 14.2 Å². The second kappa shape index (κ2) is 4.42. The van der Waals surface area contributed by atoms with Gasteiger partial charge >= 0.3 is 0 Å². The Morgan fingerprint density at radius 3 is 2.64 bits per heavy atom. The maximum absolute atomic E-state index is 13.4. The molecule has 1 aromatic carbocycles. The van der Waals surface area contributed by atoms with Gasteiger partial charge < -0.3 is 9.84 Å². The Kier molecular flexibility index (Phi) is 3.47. The van der Waals surface area contributed by atoms with Gasteiger partial charge in [0, 0.05) is 18.1 Å². The first-order chi connectivity index (χ1) is 6.60. The van der Waals surface area contributed by atoms with Gasteiger partial charge in [-0.05, 0) is 18.6 Å². The van der Waals surface area contributed by atoms with Crippen LogP contribution in [0.15, 0.2) is 12.1 Å². The summed E-state index contributed by atoms with van der Waals surface area (Å²) in [5, 5.41) is 9.01. The standard InChI is InChI=1S/C11H15FO2/c1-7-4-9(8(2)6-13)11(14-3)10(12)5-7/h4-5,8,13H,6H2,1-3H3. The fourth-order valence-electron chi connectivity index (χ4n) is 1.44. The normalized spacial score (nSPS) is 12.6. The highest BCUT2D eigenvalue weighted by atomic mass is 19.1. The minimum Gasteiger partial charge on any atom is -0.493 e. The van der Waals surface area contributed by atoms with Gasteiger partial charge in [0.15, 0.2) is 11.6 Å². The largest absolute Gasteiger partial charge is 0.493 e. The van der Waals surface area contributed by atoms with Crippen LogP contribution in [0.3, 0.4) is 0 Å². The van der Waals surface area contributed by atoms with Crippen molar-refractivity contribution in [2.24, 2.45) is 0 Å². The maximum Gasteiger partial charge on any atom is 0.165 e. The topological polar surface area (TPSA) is 29.5 Å². The summed E-state index contributed by atoms with van der Waals surface area (Å²) in [6.45, 7) is 3.63. The fourth-order valence-corrected chi connectivity index (χ4v) is 1.44. The lowest BCUT2D eigenvalue weighted by molar-refractivity contribution is 0.268. The second-order valence-electron chi connectivity index (χ2n) is 3.45. The van der Waals surface area contributed by atoms with E-state index in [1.807, 2.05) is 19.9 Å². The minimum absolute atomic E-state index is 0.0146. The van der Waals surface area contributed by atoms with Crippen LogP contribution in [-0.4, -0.2) is 18.8 Å². The minimum atomic E-state index is -0.372. The third-order valence-corrected chi connectivity index (χ3v) is 2.23. The predicted octanol–water partition coefficient (Wildman–Crippen LogP) is 2.24. The summed E-state index contributed by atoms with van der Waals surface area (Å²) in [6.07, 6.45) is 0. The second-order valence-corrected chi connectivity index (χ2v) is 3.45. The van der Waals surface area contributed by atoms with Crippen LogP contribution in [-0.2, 0) is 0 Å². The lowest BCUT2D eigenvalue weighted by Gasteiger charge is -2.14. The molecule has 0 aliphatic carbocycles. The summed E-state index contributed by atoms with van der Waals surface area (Å²) in [6, 6.07) is 3.26. The number of halogens is 1. The maximum atomic E-state index is 13.4. The van der Waals surface area contributed by atoms with Gasteiger partial charge in [0.1, 0.15) is 0 Å². The molecule has 1 aromatic rings. The molecule has 0 spiro atoms. The highest BCUT2D eigenvalue weighted by Crippen LogP contribution is 2.30. The molecule has 0 amide bonds. The molecule has 0 heterocycles. The molecule has 1 unspecified atom stereocenters. The molecule has 0 fully saturated rings. The van der Waals surface area contributed by atoms with Gasteiger partial charge in [-0.25, -0.2) is 4.39 Å². The quantitative estimate of drug-likeness (QED) is 0.807. The molecule has 3 heteroatoms. The van der Waals surface area contributed by atoms with E-state index < -0.39 is 0 Å². The number of hydrogen-bond acceptors (Lipinski definition) is 2. The van der Waals surface area contributed by atoms with Gasteiger partial charge in [0.05, 0.1) is 7.11 Å². The number of aryl methyl sites for hydroxylation is 1. The van der Waals surface area contributed by atoms with E-state index in [2.05, 4.69) is 0 Å². The SMILES string of the molecule is COc1c(F)cc(C)cc1C(C)CO. The number of methoxy groups -OCH3 is 1. The van der Waals surface area contributed by atoms with Crippen LogP contribution in [0, 0.1) is 12.7 Å². The molecule has 0 saturated heterocycles. The van der Waals surface area contributed by atoms with E-state index in [0.717, 1.165) is 5.56 Å². The Labute approximate surface area is 83.3 Å². The summed E-state index contributed by atoms with van der Waals surface area (Å²) in [4.78, 5) is 0. The van der Waals surface area contributed by atoms with Crippen LogP contribution in [0.25, 0.3) is 0 Å². The molecule has 1 N–H and O–H groups in total. The lowest BCUT2D eigenvalue weighted by Crippen LogP contribution is -2.04. The van der Waals surface area contributed by atoms with E-state index in [1.54, 1.807) is 0 Å². The van der Waals surface area contributed by atoms with Crippen molar-refractivity contribution in [3.8, 4) is 5.75 Å². The first kappa shape index (κ1) is 11.0. The molecule has 1 atom stereocenters. The van der Waals surface area contributed by atoms with Crippen molar-refractivity contribution in [1.29, 1.82) is 0 Å². The zero-order valence-corrected chi connectivity index (χ0v) is 8.67. The average Bonchev–Trinajstić information content (AvgIpc) is 2.15. The van der Waals surface area contributed by atoms with Crippen LogP contribution in [0.2, 0.25) is 0 Å². The van der Waals surface area contributed by atoms with E-state index in [4.69, 9.17) is 9.84 Å². The fraction of sp³-hybridized carbons (Fsp3) is 0.455. The lowest BCUT2D eigenvalue weighted by atomic mass is 9.98. The average molecular weight is 198 g/mol. The molecule has 0 radical (unpaired) electrons. The highest BCUT2D eigenvalue weighted by molar-refractivity contribution is 5.40. The Bertz CT molecular complexity index is 323. The summed E-state index contributed by atoms with van der Waals surface area (Å²) in [5.41, 5.74) is 1.55. The summed E-state index contributed by atoms with van der Waals surface area (Å²) in [5.74, 6) is -0.251.